The summed E-state index contributed by atoms with van der Waals surface area (Å²) in [5.74, 6) is -0.902. The van der Waals surface area contributed by atoms with Crippen LogP contribution >= 0.6 is 0 Å². The van der Waals surface area contributed by atoms with Crippen LogP contribution in [0, 0.1) is 6.92 Å². The molecule has 7 nitrogen and oxygen atoms in total. The van der Waals surface area contributed by atoms with Gasteiger partial charge in [0.2, 0.25) is 5.95 Å². The largest absolute Gasteiger partial charge is 0.478 e. The van der Waals surface area contributed by atoms with Crippen molar-refractivity contribution in [2.75, 3.05) is 10.6 Å². The number of nitrogens with zero attached hydrogens (tertiary/aromatic N) is 2. The van der Waals surface area contributed by atoms with Gasteiger partial charge in [-0.1, -0.05) is 24.3 Å². The van der Waals surface area contributed by atoms with Crippen LogP contribution in [0.1, 0.15) is 26.3 Å². The zero-order valence-electron chi connectivity index (χ0n) is 16.1. The van der Waals surface area contributed by atoms with Crippen molar-refractivity contribution >= 4 is 40.1 Å². The highest BCUT2D eigenvalue weighted by atomic mass is 16.4. The Morgan fingerprint density at radius 3 is 2.43 bits per heavy atom. The minimum atomic E-state index is -1.03. The van der Waals surface area contributed by atoms with E-state index in [1.807, 2.05) is 43.3 Å². The van der Waals surface area contributed by atoms with Gasteiger partial charge in [-0.15, -0.1) is 0 Å². The first-order chi connectivity index (χ1) is 14.5. The summed E-state index contributed by atoms with van der Waals surface area (Å²) in [4.78, 5) is 32.3. The summed E-state index contributed by atoms with van der Waals surface area (Å²) in [5, 5.41) is 16.0. The molecule has 0 bridgehead atoms. The molecule has 1 aromatic heterocycles. The summed E-state index contributed by atoms with van der Waals surface area (Å²) >= 11 is 0. The molecule has 4 rings (SSSR count). The van der Waals surface area contributed by atoms with Gasteiger partial charge < -0.3 is 15.7 Å². The van der Waals surface area contributed by atoms with Gasteiger partial charge in [0.1, 0.15) is 0 Å². The second-order valence-electron chi connectivity index (χ2n) is 6.74. The first-order valence-electron chi connectivity index (χ1n) is 9.24. The number of fused-ring (bicyclic) bond motifs is 1. The Morgan fingerprint density at radius 1 is 0.933 bits per heavy atom. The molecule has 0 aliphatic heterocycles. The fraction of sp³-hybridized carbons (Fsp3) is 0.0435. The zero-order chi connectivity index (χ0) is 21.1. The van der Waals surface area contributed by atoms with E-state index in [2.05, 4.69) is 20.6 Å². The molecule has 0 unspecified atom stereocenters. The van der Waals surface area contributed by atoms with Gasteiger partial charge in [0.15, 0.2) is 0 Å². The van der Waals surface area contributed by atoms with Crippen molar-refractivity contribution in [3.8, 4) is 0 Å². The van der Waals surface area contributed by atoms with Crippen molar-refractivity contribution in [1.29, 1.82) is 0 Å². The molecule has 7 heteroatoms. The van der Waals surface area contributed by atoms with Crippen molar-refractivity contribution < 1.29 is 14.7 Å². The molecule has 1 heterocycles. The molecular formula is C23H18N4O3. The lowest BCUT2D eigenvalue weighted by Gasteiger charge is -2.12. The normalized spacial score (nSPS) is 10.6. The van der Waals surface area contributed by atoms with E-state index in [9.17, 15) is 9.59 Å². The molecule has 0 atom stereocenters. The van der Waals surface area contributed by atoms with Crippen molar-refractivity contribution in [3.63, 3.8) is 0 Å². The predicted octanol–water partition coefficient (Wildman–Crippen LogP) is 4.63. The predicted molar refractivity (Wildman–Crippen MR) is 115 cm³/mol. The minimum Gasteiger partial charge on any atom is -0.478 e. The highest BCUT2D eigenvalue weighted by molar-refractivity contribution is 6.05. The van der Waals surface area contributed by atoms with Gasteiger partial charge in [-0.25, -0.2) is 14.8 Å². The number of carboxylic acids is 1. The summed E-state index contributed by atoms with van der Waals surface area (Å²) in [7, 11) is 0. The fourth-order valence-corrected chi connectivity index (χ4v) is 2.95. The molecule has 4 aromatic rings. The van der Waals surface area contributed by atoms with Gasteiger partial charge in [0.05, 0.1) is 11.1 Å². The van der Waals surface area contributed by atoms with Crippen LogP contribution in [-0.2, 0) is 0 Å². The molecular weight excluding hydrogens is 380 g/mol. The van der Waals surface area contributed by atoms with Crippen LogP contribution in [0.2, 0.25) is 0 Å². The standard InChI is InChI=1S/C23H18N4O3/c1-14-6-11-18(25-23-24-13-17-4-2-3-5-19(17)27-23)12-20(14)26-21(28)15-7-9-16(10-8-15)22(29)30/h2-13H,1H3,(H,26,28)(H,29,30)(H,24,25,27). The van der Waals surface area contributed by atoms with Crippen LogP contribution in [0.4, 0.5) is 17.3 Å². The lowest BCUT2D eigenvalue weighted by atomic mass is 10.1. The van der Waals surface area contributed by atoms with Gasteiger partial charge in [-0.2, -0.15) is 0 Å². The van der Waals surface area contributed by atoms with E-state index >= 15 is 0 Å². The molecule has 30 heavy (non-hydrogen) atoms. The second-order valence-corrected chi connectivity index (χ2v) is 6.74. The number of aromatic carboxylic acids is 1. The van der Waals surface area contributed by atoms with E-state index in [1.54, 1.807) is 12.3 Å². The second kappa shape index (κ2) is 8.00. The average Bonchev–Trinajstić information content (AvgIpc) is 2.76. The monoisotopic (exact) mass is 398 g/mol. The highest BCUT2D eigenvalue weighted by Crippen LogP contribution is 2.23. The fourth-order valence-electron chi connectivity index (χ4n) is 2.95. The Balaban J connectivity index is 1.53. The number of amides is 1. The maximum Gasteiger partial charge on any atom is 0.335 e. The van der Waals surface area contributed by atoms with E-state index in [0.717, 1.165) is 22.2 Å². The van der Waals surface area contributed by atoms with Crippen LogP contribution < -0.4 is 10.6 Å². The molecule has 0 aliphatic rings. The quantitative estimate of drug-likeness (QED) is 0.453. The number of hydrogen-bond acceptors (Lipinski definition) is 5. The SMILES string of the molecule is Cc1ccc(Nc2ncc3ccccc3n2)cc1NC(=O)c1ccc(C(=O)O)cc1. The van der Waals surface area contributed by atoms with E-state index in [4.69, 9.17) is 5.11 Å². The molecule has 0 aliphatic carbocycles. The number of aryl methyl sites for hydroxylation is 1. The maximum atomic E-state index is 12.6. The van der Waals surface area contributed by atoms with Crippen LogP contribution in [-0.4, -0.2) is 27.0 Å². The molecule has 0 spiro atoms. The molecule has 0 saturated heterocycles. The zero-order valence-corrected chi connectivity index (χ0v) is 16.1. The number of para-hydroxylation sites is 1. The topological polar surface area (TPSA) is 104 Å². The van der Waals surface area contributed by atoms with E-state index < -0.39 is 5.97 Å². The number of benzene rings is 3. The Kier molecular flexibility index (Phi) is 5.09. The molecule has 0 saturated carbocycles. The number of carboxylic acid groups (broad SMARTS) is 1. The summed E-state index contributed by atoms with van der Waals surface area (Å²) in [6, 6.07) is 19.1. The van der Waals surface area contributed by atoms with E-state index in [1.165, 1.54) is 24.3 Å². The number of hydrogen-bond donors (Lipinski definition) is 3. The Labute approximate surface area is 172 Å². The van der Waals surface area contributed by atoms with Gasteiger partial charge in [0.25, 0.3) is 5.91 Å². The number of carbonyl (C=O) groups excluding carboxylic acids is 1. The van der Waals surface area contributed by atoms with Crippen LogP contribution in [0.15, 0.2) is 72.9 Å². The number of rotatable bonds is 5. The summed E-state index contributed by atoms with van der Waals surface area (Å²) in [5.41, 5.74) is 3.58. The highest BCUT2D eigenvalue weighted by Gasteiger charge is 2.11. The Hall–Kier alpha value is -4.26. The number of carbonyl (C=O) groups is 2. The number of anilines is 3. The molecule has 3 aromatic carbocycles. The third kappa shape index (κ3) is 4.10. The van der Waals surface area contributed by atoms with Crippen LogP contribution in [0.25, 0.3) is 10.9 Å². The summed E-state index contributed by atoms with van der Waals surface area (Å²) in [6.45, 7) is 1.89. The lowest BCUT2D eigenvalue weighted by molar-refractivity contribution is 0.0696. The maximum absolute atomic E-state index is 12.6. The van der Waals surface area contributed by atoms with E-state index in [-0.39, 0.29) is 11.5 Å². The molecule has 3 N–H and O–H groups in total. The van der Waals surface area contributed by atoms with Gasteiger partial charge in [-0.05, 0) is 55.0 Å². The van der Waals surface area contributed by atoms with Crippen molar-refractivity contribution in [1.82, 2.24) is 9.97 Å². The first kappa shape index (κ1) is 19.1. The summed E-state index contributed by atoms with van der Waals surface area (Å²) < 4.78 is 0. The molecule has 0 radical (unpaired) electrons. The number of aromatic nitrogens is 2. The third-order valence-corrected chi connectivity index (χ3v) is 4.62. The summed E-state index contributed by atoms with van der Waals surface area (Å²) in [6.07, 6.45) is 1.75. The Morgan fingerprint density at radius 2 is 1.67 bits per heavy atom. The molecule has 0 fully saturated rings. The smallest absolute Gasteiger partial charge is 0.335 e. The Bertz CT molecular complexity index is 1250. The van der Waals surface area contributed by atoms with Gasteiger partial charge >= 0.3 is 5.97 Å². The van der Waals surface area contributed by atoms with Gasteiger partial charge in [0, 0.05) is 28.5 Å². The first-order valence-corrected chi connectivity index (χ1v) is 9.24. The van der Waals surface area contributed by atoms with Crippen LogP contribution in [0.3, 0.4) is 0 Å². The van der Waals surface area contributed by atoms with Crippen molar-refractivity contribution in [3.05, 3.63) is 89.6 Å². The average molecular weight is 398 g/mol. The number of nitrogens with one attached hydrogen (secondary N) is 2. The lowest BCUT2D eigenvalue weighted by Crippen LogP contribution is -2.13. The van der Waals surface area contributed by atoms with Crippen LogP contribution in [0.5, 0.6) is 0 Å². The minimum absolute atomic E-state index is 0.129. The van der Waals surface area contributed by atoms with Crippen molar-refractivity contribution in [2.45, 2.75) is 6.92 Å². The molecule has 1 amide bonds. The third-order valence-electron chi connectivity index (χ3n) is 4.62. The molecule has 148 valence electrons. The van der Waals surface area contributed by atoms with E-state index in [0.29, 0.717) is 17.2 Å². The van der Waals surface area contributed by atoms with Gasteiger partial charge in [-0.3, -0.25) is 4.79 Å². The van der Waals surface area contributed by atoms with Crippen molar-refractivity contribution in [2.24, 2.45) is 0 Å².